The van der Waals surface area contributed by atoms with Crippen LogP contribution in [-0.4, -0.2) is 11.2 Å². The Kier molecular flexibility index (Phi) is 8.59. The number of hydrogen-bond acceptors (Lipinski definition) is 2. The summed E-state index contributed by atoms with van der Waals surface area (Å²) in [4.78, 5) is 4.31. The molecule has 0 aromatic rings. The molecular weight excluding hydrogens is 316 g/mol. The van der Waals surface area contributed by atoms with Crippen molar-refractivity contribution >= 4 is 17.4 Å². The molecule has 1 rings (SSSR count). The second-order valence-electron chi connectivity index (χ2n) is 5.31. The topological polar surface area (TPSA) is 24.4 Å². The number of nitrogens with one attached hydrogen (secondary N) is 1. The first-order valence-electron chi connectivity index (χ1n) is 7.78. The molecule has 0 saturated heterocycles. The number of hydrogen-bond donors (Lipinski definition) is 1. The summed E-state index contributed by atoms with van der Waals surface area (Å²) in [5.41, 5.74) is 3.14. The van der Waals surface area contributed by atoms with Gasteiger partial charge in [0.15, 0.2) is 0 Å². The molecular formula is C21H25ClN2. The SMILES string of the molecule is C=C/C=C(C=C)/C(C)=C/C=C(\C=C)C1/C=C/N=C(C)N/C=C/C1Cl. The smallest absolute Gasteiger partial charge is 0.102 e. The van der Waals surface area contributed by atoms with E-state index in [4.69, 9.17) is 11.6 Å². The van der Waals surface area contributed by atoms with E-state index in [0.717, 1.165) is 22.6 Å². The van der Waals surface area contributed by atoms with Crippen LogP contribution in [0.5, 0.6) is 0 Å². The maximum Gasteiger partial charge on any atom is 0.102 e. The Morgan fingerprint density at radius 1 is 1.17 bits per heavy atom. The average Bonchev–Trinajstić information content (AvgIpc) is 2.64. The van der Waals surface area contributed by atoms with Gasteiger partial charge in [-0.2, -0.15) is 0 Å². The van der Waals surface area contributed by atoms with E-state index in [1.54, 1.807) is 12.3 Å². The monoisotopic (exact) mass is 340 g/mol. The molecule has 1 N–H and O–H groups in total. The first kappa shape index (κ1) is 19.7. The molecule has 0 saturated carbocycles. The molecule has 0 amide bonds. The summed E-state index contributed by atoms with van der Waals surface area (Å²) in [5.74, 6) is 0.800. The van der Waals surface area contributed by atoms with E-state index in [1.165, 1.54) is 0 Å². The highest BCUT2D eigenvalue weighted by Crippen LogP contribution is 2.25. The van der Waals surface area contributed by atoms with Crippen LogP contribution >= 0.6 is 11.6 Å². The van der Waals surface area contributed by atoms with E-state index in [-0.39, 0.29) is 11.3 Å². The first-order chi connectivity index (χ1) is 11.5. The Morgan fingerprint density at radius 3 is 2.54 bits per heavy atom. The summed E-state index contributed by atoms with van der Waals surface area (Å²) in [6, 6.07) is 0. The van der Waals surface area contributed by atoms with Crippen molar-refractivity contribution in [3.8, 4) is 0 Å². The van der Waals surface area contributed by atoms with Crippen molar-refractivity contribution in [3.05, 3.63) is 97.5 Å². The Hall–Kier alpha value is -2.32. The third-order valence-electron chi connectivity index (χ3n) is 3.60. The largest absolute Gasteiger partial charge is 0.351 e. The predicted octanol–water partition coefficient (Wildman–Crippen LogP) is 5.62. The molecule has 0 spiro atoms. The Balaban J connectivity index is 3.17. The second-order valence-corrected chi connectivity index (χ2v) is 5.82. The highest BCUT2D eigenvalue weighted by molar-refractivity contribution is 6.22. The van der Waals surface area contributed by atoms with Gasteiger partial charge in [-0.1, -0.05) is 62.3 Å². The molecule has 0 radical (unpaired) electrons. The van der Waals surface area contributed by atoms with Gasteiger partial charge in [-0.3, -0.25) is 0 Å². The number of rotatable bonds is 6. The van der Waals surface area contributed by atoms with Gasteiger partial charge in [-0.25, -0.2) is 4.99 Å². The number of alkyl halides is 1. The molecule has 126 valence electrons. The van der Waals surface area contributed by atoms with Gasteiger partial charge in [0.25, 0.3) is 0 Å². The summed E-state index contributed by atoms with van der Waals surface area (Å²) < 4.78 is 0. The van der Waals surface area contributed by atoms with Crippen molar-refractivity contribution in [2.24, 2.45) is 10.9 Å². The van der Waals surface area contributed by atoms with Crippen LogP contribution in [0.25, 0.3) is 0 Å². The van der Waals surface area contributed by atoms with Crippen molar-refractivity contribution in [2.45, 2.75) is 19.2 Å². The summed E-state index contributed by atoms with van der Waals surface area (Å²) in [7, 11) is 0. The minimum absolute atomic E-state index is 0.0171. The van der Waals surface area contributed by atoms with Gasteiger partial charge in [0.2, 0.25) is 0 Å². The van der Waals surface area contributed by atoms with Crippen molar-refractivity contribution in [2.75, 3.05) is 0 Å². The standard InChI is InChI=1S/C21H25ClN2/c1-6-9-18(7-2)16(4)10-11-19(8-3)20-12-14-23-17(5)24-15-13-21(20)22/h6-15,20-21H,1-3H2,4-5H3,(H,23,24)/b14-12+,15-13+,16-10+,18-9+,19-11+. The molecule has 1 aliphatic rings. The maximum absolute atomic E-state index is 6.53. The molecule has 1 heterocycles. The van der Waals surface area contributed by atoms with Gasteiger partial charge in [-0.05, 0) is 42.8 Å². The van der Waals surface area contributed by atoms with E-state index < -0.39 is 0 Å². The van der Waals surface area contributed by atoms with Crippen molar-refractivity contribution in [3.63, 3.8) is 0 Å². The molecule has 2 nitrogen and oxygen atoms in total. The number of nitrogens with zero attached hydrogens (tertiary/aromatic N) is 1. The normalized spacial score (nSPS) is 25.3. The zero-order valence-corrected chi connectivity index (χ0v) is 15.1. The van der Waals surface area contributed by atoms with Crippen LogP contribution in [0.3, 0.4) is 0 Å². The van der Waals surface area contributed by atoms with Gasteiger partial charge in [-0.15, -0.1) is 11.6 Å². The molecule has 1 aliphatic heterocycles. The van der Waals surface area contributed by atoms with Crippen LogP contribution in [0.4, 0.5) is 0 Å². The van der Waals surface area contributed by atoms with Gasteiger partial charge in [0.05, 0.1) is 5.38 Å². The summed E-state index contributed by atoms with van der Waals surface area (Å²) in [6.45, 7) is 15.4. The molecule has 3 heteroatoms. The zero-order valence-electron chi connectivity index (χ0n) is 14.4. The highest BCUT2D eigenvalue weighted by Gasteiger charge is 2.17. The number of aliphatic imine (C=N–C) groups is 1. The molecule has 0 fully saturated rings. The lowest BCUT2D eigenvalue weighted by Gasteiger charge is -2.17. The fourth-order valence-electron chi connectivity index (χ4n) is 2.19. The van der Waals surface area contributed by atoms with E-state index in [1.807, 2.05) is 62.6 Å². The van der Waals surface area contributed by atoms with Gasteiger partial charge < -0.3 is 5.32 Å². The molecule has 0 aliphatic carbocycles. The number of halogens is 1. The van der Waals surface area contributed by atoms with Gasteiger partial charge in [0, 0.05) is 12.1 Å². The van der Waals surface area contributed by atoms with Gasteiger partial charge in [0.1, 0.15) is 5.84 Å². The quantitative estimate of drug-likeness (QED) is 0.492. The van der Waals surface area contributed by atoms with Crippen molar-refractivity contribution < 1.29 is 0 Å². The molecule has 0 aromatic heterocycles. The molecule has 24 heavy (non-hydrogen) atoms. The van der Waals surface area contributed by atoms with Crippen LogP contribution in [0, 0.1) is 5.92 Å². The van der Waals surface area contributed by atoms with E-state index in [2.05, 4.69) is 30.0 Å². The van der Waals surface area contributed by atoms with E-state index in [0.29, 0.717) is 0 Å². The lowest BCUT2D eigenvalue weighted by molar-refractivity contribution is 0.801. The van der Waals surface area contributed by atoms with E-state index >= 15 is 0 Å². The maximum atomic E-state index is 6.53. The first-order valence-corrected chi connectivity index (χ1v) is 8.22. The lowest BCUT2D eigenvalue weighted by Crippen LogP contribution is -2.14. The lowest BCUT2D eigenvalue weighted by atomic mass is 9.93. The van der Waals surface area contributed by atoms with Crippen LogP contribution in [-0.2, 0) is 0 Å². The molecule has 2 atom stereocenters. The molecule has 0 aromatic carbocycles. The summed E-state index contributed by atoms with van der Waals surface area (Å²) >= 11 is 6.53. The molecule has 2 unspecified atom stereocenters. The Bertz CT molecular complexity index is 657. The summed E-state index contributed by atoms with van der Waals surface area (Å²) in [5, 5.41) is 2.87. The third kappa shape index (κ3) is 6.05. The van der Waals surface area contributed by atoms with Gasteiger partial charge >= 0.3 is 0 Å². The summed E-state index contributed by atoms with van der Waals surface area (Å²) in [6.07, 6.45) is 18.9. The van der Waals surface area contributed by atoms with Crippen LogP contribution in [0.1, 0.15) is 13.8 Å². The van der Waals surface area contributed by atoms with Crippen LogP contribution in [0.15, 0.2) is 102 Å². The minimum atomic E-state index is -0.199. The fourth-order valence-corrected chi connectivity index (χ4v) is 2.49. The predicted molar refractivity (Wildman–Crippen MR) is 108 cm³/mol. The Labute approximate surface area is 150 Å². The minimum Gasteiger partial charge on any atom is -0.351 e. The number of amidine groups is 1. The van der Waals surface area contributed by atoms with Crippen LogP contribution < -0.4 is 5.32 Å². The second kappa shape index (κ2) is 10.5. The third-order valence-corrected chi connectivity index (χ3v) is 4.01. The average molecular weight is 341 g/mol. The van der Waals surface area contributed by atoms with Crippen molar-refractivity contribution in [1.29, 1.82) is 0 Å². The number of allylic oxidation sites excluding steroid dienone is 11. The zero-order chi connectivity index (χ0) is 17.9. The highest BCUT2D eigenvalue weighted by atomic mass is 35.5. The molecule has 0 bridgehead atoms. The fraction of sp³-hybridized carbons (Fsp3) is 0.190. The van der Waals surface area contributed by atoms with Crippen molar-refractivity contribution in [1.82, 2.24) is 5.32 Å². The van der Waals surface area contributed by atoms with Crippen LogP contribution in [0.2, 0.25) is 0 Å². The Morgan fingerprint density at radius 2 is 1.92 bits per heavy atom. The van der Waals surface area contributed by atoms with E-state index in [9.17, 15) is 0 Å².